The van der Waals surface area contributed by atoms with E-state index in [1.54, 1.807) is 12.4 Å². The molecule has 0 bridgehead atoms. The number of amides is 1. The van der Waals surface area contributed by atoms with Gasteiger partial charge in [-0.3, -0.25) is 9.78 Å². The van der Waals surface area contributed by atoms with Gasteiger partial charge in [0.25, 0.3) is 0 Å². The predicted molar refractivity (Wildman–Crippen MR) is 93.8 cm³/mol. The molecule has 1 saturated carbocycles. The van der Waals surface area contributed by atoms with Crippen LogP contribution < -0.4 is 5.32 Å². The summed E-state index contributed by atoms with van der Waals surface area (Å²) in [5.41, 5.74) is 0.708. The van der Waals surface area contributed by atoms with E-state index < -0.39 is 5.79 Å². The summed E-state index contributed by atoms with van der Waals surface area (Å²) in [5, 5.41) is 2.82. The Morgan fingerprint density at radius 3 is 2.71 bits per heavy atom. The molecule has 0 aromatic carbocycles. The van der Waals surface area contributed by atoms with Crippen LogP contribution in [0.4, 0.5) is 5.82 Å². The maximum absolute atomic E-state index is 12.3. The first-order valence-corrected chi connectivity index (χ1v) is 9.43. The van der Waals surface area contributed by atoms with E-state index in [-0.39, 0.29) is 16.8 Å². The van der Waals surface area contributed by atoms with Gasteiger partial charge in [-0.25, -0.2) is 4.98 Å². The second-order valence-electron chi connectivity index (χ2n) is 6.99. The molecule has 1 aromatic rings. The van der Waals surface area contributed by atoms with Crippen LogP contribution in [0.5, 0.6) is 0 Å². The smallest absolute Gasteiger partial charge is 0.239 e. The Morgan fingerprint density at radius 1 is 1.38 bits per heavy atom. The highest BCUT2D eigenvalue weighted by Crippen LogP contribution is 2.32. The number of carbonyl (C=O) groups is 1. The van der Waals surface area contributed by atoms with Crippen molar-refractivity contribution in [3.05, 3.63) is 18.1 Å². The minimum absolute atomic E-state index is 0.0643. The van der Waals surface area contributed by atoms with E-state index in [1.165, 1.54) is 25.7 Å². The molecule has 7 heteroatoms. The number of nitrogens with zero attached hydrogens (tertiary/aromatic N) is 2. The van der Waals surface area contributed by atoms with Crippen molar-refractivity contribution >= 4 is 27.7 Å². The highest BCUT2D eigenvalue weighted by Gasteiger charge is 2.34. The first kappa shape index (κ1) is 17.8. The van der Waals surface area contributed by atoms with Crippen molar-refractivity contribution in [2.24, 2.45) is 5.92 Å². The monoisotopic (exact) mass is 397 g/mol. The lowest BCUT2D eigenvalue weighted by Crippen LogP contribution is -2.25. The largest absolute Gasteiger partial charge is 0.347 e. The second kappa shape index (κ2) is 7.45. The first-order valence-electron chi connectivity index (χ1n) is 8.51. The molecule has 2 fully saturated rings. The molecule has 1 amide bonds. The van der Waals surface area contributed by atoms with Crippen LogP contribution in [0.25, 0.3) is 0 Å². The van der Waals surface area contributed by atoms with E-state index >= 15 is 0 Å². The van der Waals surface area contributed by atoms with Gasteiger partial charge >= 0.3 is 0 Å². The molecule has 2 heterocycles. The van der Waals surface area contributed by atoms with Crippen LogP contribution in [0.15, 0.2) is 12.4 Å². The third kappa shape index (κ3) is 4.52. The molecule has 1 saturated heterocycles. The molecule has 24 heavy (non-hydrogen) atoms. The van der Waals surface area contributed by atoms with Crippen molar-refractivity contribution in [2.45, 2.75) is 62.7 Å². The fourth-order valence-corrected chi connectivity index (χ4v) is 3.90. The van der Waals surface area contributed by atoms with Crippen LogP contribution in [0.3, 0.4) is 0 Å². The molecule has 1 N–H and O–H groups in total. The molecule has 3 rings (SSSR count). The molecule has 1 aromatic heterocycles. The number of hydrogen-bond donors (Lipinski definition) is 1. The summed E-state index contributed by atoms with van der Waals surface area (Å²) in [5.74, 6) is 0.447. The zero-order chi connectivity index (χ0) is 17.2. The molecule has 1 aliphatic carbocycles. The molecule has 2 aliphatic rings. The van der Waals surface area contributed by atoms with Gasteiger partial charge in [0.05, 0.1) is 29.5 Å². The van der Waals surface area contributed by atoms with E-state index in [9.17, 15) is 4.79 Å². The molecule has 0 radical (unpaired) electrons. The van der Waals surface area contributed by atoms with Crippen molar-refractivity contribution in [1.29, 1.82) is 0 Å². The van der Waals surface area contributed by atoms with E-state index in [1.807, 2.05) is 13.8 Å². The van der Waals surface area contributed by atoms with Crippen LogP contribution in [0.1, 0.15) is 57.7 Å². The summed E-state index contributed by atoms with van der Waals surface area (Å²) >= 11 is 3.49. The zero-order valence-electron chi connectivity index (χ0n) is 14.1. The van der Waals surface area contributed by atoms with Gasteiger partial charge in [0, 0.05) is 0 Å². The standard InChI is InChI=1S/C17H24BrN3O3/c1-17(2)23-10-14(24-17)13-8-20-15(9-19-13)21-16(22)12(18)7-11-5-3-4-6-11/h8-9,11-12,14H,3-7,10H2,1-2H3,(H,20,21,22). The Hall–Kier alpha value is -1.05. The van der Waals surface area contributed by atoms with Crippen molar-refractivity contribution in [3.63, 3.8) is 0 Å². The van der Waals surface area contributed by atoms with Crippen molar-refractivity contribution in [1.82, 2.24) is 9.97 Å². The Bertz CT molecular complexity index is 573. The van der Waals surface area contributed by atoms with E-state index in [0.717, 1.165) is 6.42 Å². The lowest BCUT2D eigenvalue weighted by molar-refractivity contribution is -0.139. The van der Waals surface area contributed by atoms with Gasteiger partial charge in [-0.1, -0.05) is 41.6 Å². The Balaban J connectivity index is 1.53. The number of hydrogen-bond acceptors (Lipinski definition) is 5. The highest BCUT2D eigenvalue weighted by molar-refractivity contribution is 9.10. The van der Waals surface area contributed by atoms with Crippen LogP contribution >= 0.6 is 15.9 Å². The van der Waals surface area contributed by atoms with Gasteiger partial charge in [0.2, 0.25) is 5.91 Å². The molecular weight excluding hydrogens is 374 g/mol. The van der Waals surface area contributed by atoms with Crippen LogP contribution in [-0.2, 0) is 14.3 Å². The number of nitrogens with one attached hydrogen (secondary N) is 1. The number of rotatable bonds is 5. The molecule has 132 valence electrons. The maximum atomic E-state index is 12.3. The quantitative estimate of drug-likeness (QED) is 0.768. The summed E-state index contributed by atoms with van der Waals surface area (Å²) in [6.45, 7) is 4.20. The predicted octanol–water partition coefficient (Wildman–Crippen LogP) is 3.58. The normalized spacial score (nSPS) is 24.9. The zero-order valence-corrected chi connectivity index (χ0v) is 15.7. The summed E-state index contributed by atoms with van der Waals surface area (Å²) in [6, 6.07) is 0. The van der Waals surface area contributed by atoms with Crippen LogP contribution in [0, 0.1) is 5.92 Å². The van der Waals surface area contributed by atoms with Crippen molar-refractivity contribution < 1.29 is 14.3 Å². The summed E-state index contributed by atoms with van der Waals surface area (Å²) in [4.78, 5) is 20.7. The van der Waals surface area contributed by atoms with E-state index in [2.05, 4.69) is 31.2 Å². The van der Waals surface area contributed by atoms with Gasteiger partial charge in [0.1, 0.15) is 6.10 Å². The number of anilines is 1. The number of carbonyl (C=O) groups excluding carboxylic acids is 1. The lowest BCUT2D eigenvalue weighted by Gasteiger charge is -2.17. The molecular formula is C17H24BrN3O3. The molecule has 6 nitrogen and oxygen atoms in total. The van der Waals surface area contributed by atoms with Crippen LogP contribution in [0.2, 0.25) is 0 Å². The fourth-order valence-electron chi connectivity index (χ4n) is 3.25. The van der Waals surface area contributed by atoms with Gasteiger partial charge in [0.15, 0.2) is 11.6 Å². The summed E-state index contributed by atoms with van der Waals surface area (Å²) in [6.07, 6.45) is 8.87. The Morgan fingerprint density at radius 2 is 2.12 bits per heavy atom. The number of halogens is 1. The summed E-state index contributed by atoms with van der Waals surface area (Å²) in [7, 11) is 0. The third-order valence-corrected chi connectivity index (χ3v) is 5.35. The Kier molecular flexibility index (Phi) is 5.52. The second-order valence-corrected chi connectivity index (χ2v) is 8.09. The minimum Gasteiger partial charge on any atom is -0.347 e. The summed E-state index contributed by atoms with van der Waals surface area (Å²) < 4.78 is 11.3. The molecule has 0 spiro atoms. The van der Waals surface area contributed by atoms with Gasteiger partial charge in [-0.05, 0) is 26.2 Å². The van der Waals surface area contributed by atoms with Gasteiger partial charge in [-0.2, -0.15) is 0 Å². The average molecular weight is 398 g/mol. The number of alkyl halides is 1. The van der Waals surface area contributed by atoms with Crippen molar-refractivity contribution in [3.8, 4) is 0 Å². The number of ether oxygens (including phenoxy) is 2. The average Bonchev–Trinajstić information content (AvgIpc) is 3.17. The fraction of sp³-hybridized carbons (Fsp3) is 0.706. The first-order chi connectivity index (χ1) is 11.4. The lowest BCUT2D eigenvalue weighted by atomic mass is 10.0. The van der Waals surface area contributed by atoms with Crippen molar-refractivity contribution in [2.75, 3.05) is 11.9 Å². The minimum atomic E-state index is -0.595. The van der Waals surface area contributed by atoms with Gasteiger partial charge < -0.3 is 14.8 Å². The van der Waals surface area contributed by atoms with E-state index in [0.29, 0.717) is 24.0 Å². The third-order valence-electron chi connectivity index (χ3n) is 4.56. The van der Waals surface area contributed by atoms with E-state index in [4.69, 9.17) is 9.47 Å². The molecule has 2 atom stereocenters. The molecule has 2 unspecified atom stereocenters. The van der Waals surface area contributed by atoms with Gasteiger partial charge in [-0.15, -0.1) is 0 Å². The SMILES string of the molecule is CC1(C)OCC(c2cnc(NC(=O)C(Br)CC3CCCC3)cn2)O1. The van der Waals surface area contributed by atoms with Crippen LogP contribution in [-0.4, -0.2) is 33.1 Å². The highest BCUT2D eigenvalue weighted by atomic mass is 79.9. The maximum Gasteiger partial charge on any atom is 0.239 e. The molecule has 1 aliphatic heterocycles. The number of aromatic nitrogens is 2. The topological polar surface area (TPSA) is 73.3 Å². The Labute approximate surface area is 150 Å².